The summed E-state index contributed by atoms with van der Waals surface area (Å²) in [6, 6.07) is 0. The Labute approximate surface area is 57.9 Å². The smallest absolute Gasteiger partial charge is 0.0984 e. The molecule has 0 atom stereocenters. The Balaban J connectivity index is 2.29. The highest BCUT2D eigenvalue weighted by molar-refractivity contribution is 8.15. The van der Waals surface area contributed by atoms with Crippen molar-refractivity contribution < 1.29 is 0 Å². The number of hydrogen-bond acceptors (Lipinski definition) is 3. The highest BCUT2D eigenvalue weighted by Gasteiger charge is 2.12. The predicted molar refractivity (Wildman–Crippen MR) is 40.0 cm³/mol. The van der Waals surface area contributed by atoms with Crippen molar-refractivity contribution in [2.24, 2.45) is 5.10 Å². The van der Waals surface area contributed by atoms with Gasteiger partial charge in [-0.1, -0.05) is 23.9 Å². The molecule has 0 radical (unpaired) electrons. The van der Waals surface area contributed by atoms with Gasteiger partial charge in [0, 0.05) is 0 Å². The Morgan fingerprint density at radius 3 is 3.56 bits per heavy atom. The first-order chi connectivity index (χ1) is 4.47. The standard InChI is InChI=1S/C6H6N2S/c1-2-4-8-6(3-1)9-5-7-8/h1-3,5H,4H2. The molecule has 0 bridgehead atoms. The van der Waals surface area contributed by atoms with Crippen molar-refractivity contribution in [3.05, 3.63) is 23.3 Å². The fourth-order valence-electron chi connectivity index (χ4n) is 0.826. The third-order valence-electron chi connectivity index (χ3n) is 1.27. The maximum atomic E-state index is 4.11. The predicted octanol–water partition coefficient (Wildman–Crippen LogP) is 1.39. The molecule has 2 rings (SSSR count). The first kappa shape index (κ1) is 5.11. The zero-order valence-corrected chi connectivity index (χ0v) is 5.64. The maximum absolute atomic E-state index is 4.11. The van der Waals surface area contributed by atoms with E-state index in [1.807, 2.05) is 10.6 Å². The Morgan fingerprint density at radius 1 is 1.67 bits per heavy atom. The maximum Gasteiger partial charge on any atom is 0.0984 e. The molecular weight excluding hydrogens is 132 g/mol. The third kappa shape index (κ3) is 0.772. The van der Waals surface area contributed by atoms with Gasteiger partial charge in [-0.05, 0) is 6.08 Å². The quantitative estimate of drug-likeness (QED) is 0.502. The topological polar surface area (TPSA) is 15.6 Å². The van der Waals surface area contributed by atoms with Crippen LogP contribution in [-0.4, -0.2) is 17.1 Å². The van der Waals surface area contributed by atoms with Crippen LogP contribution in [-0.2, 0) is 0 Å². The van der Waals surface area contributed by atoms with E-state index in [1.54, 1.807) is 11.8 Å². The molecule has 0 saturated carbocycles. The number of allylic oxidation sites excluding steroid dienone is 2. The second-order valence-corrected chi connectivity index (χ2v) is 2.72. The lowest BCUT2D eigenvalue weighted by Crippen LogP contribution is -2.12. The zero-order valence-electron chi connectivity index (χ0n) is 4.82. The molecule has 3 heteroatoms. The Hall–Kier alpha value is -0.700. The average Bonchev–Trinajstić information content (AvgIpc) is 2.33. The highest BCUT2D eigenvalue weighted by Crippen LogP contribution is 2.26. The number of thioether (sulfide) groups is 1. The van der Waals surface area contributed by atoms with Crippen LogP contribution in [0, 0.1) is 0 Å². The fraction of sp³-hybridized carbons (Fsp3) is 0.167. The first-order valence-corrected chi connectivity index (χ1v) is 3.68. The summed E-state index contributed by atoms with van der Waals surface area (Å²) in [4.78, 5) is 0. The molecule has 9 heavy (non-hydrogen) atoms. The molecule has 0 spiro atoms. The Kier molecular flexibility index (Phi) is 1.09. The van der Waals surface area contributed by atoms with Crippen LogP contribution in [0.3, 0.4) is 0 Å². The molecule has 2 aliphatic heterocycles. The van der Waals surface area contributed by atoms with Gasteiger partial charge in [0.2, 0.25) is 0 Å². The molecule has 46 valence electrons. The number of hydrogen-bond donors (Lipinski definition) is 0. The summed E-state index contributed by atoms with van der Waals surface area (Å²) in [5.74, 6) is 0. The molecule has 0 fully saturated rings. The van der Waals surface area contributed by atoms with Crippen LogP contribution >= 0.6 is 11.8 Å². The zero-order chi connectivity index (χ0) is 6.10. The van der Waals surface area contributed by atoms with Gasteiger partial charge in [0.15, 0.2) is 0 Å². The van der Waals surface area contributed by atoms with Gasteiger partial charge in [-0.3, -0.25) is 5.01 Å². The fourth-order valence-corrected chi connectivity index (χ4v) is 1.50. The van der Waals surface area contributed by atoms with Crippen LogP contribution in [0.2, 0.25) is 0 Å². The van der Waals surface area contributed by atoms with Gasteiger partial charge in [-0.25, -0.2) is 0 Å². The van der Waals surface area contributed by atoms with Gasteiger partial charge >= 0.3 is 0 Å². The van der Waals surface area contributed by atoms with Gasteiger partial charge in [-0.15, -0.1) is 0 Å². The van der Waals surface area contributed by atoms with E-state index in [0.717, 1.165) is 6.54 Å². The van der Waals surface area contributed by atoms with E-state index < -0.39 is 0 Å². The number of nitrogens with zero attached hydrogens (tertiary/aromatic N) is 2. The van der Waals surface area contributed by atoms with Crippen molar-refractivity contribution in [2.75, 3.05) is 6.54 Å². The molecule has 2 heterocycles. The van der Waals surface area contributed by atoms with Crippen LogP contribution in [0.1, 0.15) is 0 Å². The van der Waals surface area contributed by atoms with Crippen molar-refractivity contribution in [2.45, 2.75) is 0 Å². The molecule has 0 N–H and O–H groups in total. The van der Waals surface area contributed by atoms with Crippen LogP contribution in [0.25, 0.3) is 0 Å². The van der Waals surface area contributed by atoms with E-state index >= 15 is 0 Å². The summed E-state index contributed by atoms with van der Waals surface area (Å²) in [5.41, 5.74) is 1.86. The first-order valence-electron chi connectivity index (χ1n) is 2.80. The summed E-state index contributed by atoms with van der Waals surface area (Å²) >= 11 is 1.67. The van der Waals surface area contributed by atoms with E-state index in [4.69, 9.17) is 0 Å². The van der Waals surface area contributed by atoms with Crippen LogP contribution < -0.4 is 0 Å². The Bertz CT molecular complexity index is 205. The van der Waals surface area contributed by atoms with Crippen LogP contribution in [0.5, 0.6) is 0 Å². The monoisotopic (exact) mass is 138 g/mol. The van der Waals surface area contributed by atoms with Crippen molar-refractivity contribution >= 4 is 17.3 Å². The van der Waals surface area contributed by atoms with Crippen LogP contribution in [0.4, 0.5) is 0 Å². The van der Waals surface area contributed by atoms with E-state index in [1.165, 1.54) is 5.03 Å². The summed E-state index contributed by atoms with van der Waals surface area (Å²) in [6.07, 6.45) is 6.22. The van der Waals surface area contributed by atoms with Gasteiger partial charge < -0.3 is 0 Å². The normalized spacial score (nSPS) is 22.2. The highest BCUT2D eigenvalue weighted by atomic mass is 32.2. The summed E-state index contributed by atoms with van der Waals surface area (Å²) in [5, 5.41) is 7.32. The van der Waals surface area contributed by atoms with Crippen molar-refractivity contribution in [3.8, 4) is 0 Å². The Morgan fingerprint density at radius 2 is 2.67 bits per heavy atom. The van der Waals surface area contributed by atoms with Gasteiger partial charge in [-0.2, -0.15) is 5.10 Å². The van der Waals surface area contributed by atoms with Crippen molar-refractivity contribution in [1.29, 1.82) is 0 Å². The van der Waals surface area contributed by atoms with Crippen molar-refractivity contribution in [3.63, 3.8) is 0 Å². The lowest BCUT2D eigenvalue weighted by molar-refractivity contribution is 0.437. The minimum absolute atomic E-state index is 0.926. The molecular formula is C6H6N2S. The number of hydrazone groups is 1. The van der Waals surface area contributed by atoms with Crippen molar-refractivity contribution in [1.82, 2.24) is 5.01 Å². The van der Waals surface area contributed by atoms with Crippen LogP contribution in [0.15, 0.2) is 28.4 Å². The van der Waals surface area contributed by atoms with E-state index in [0.29, 0.717) is 0 Å². The van der Waals surface area contributed by atoms with E-state index in [2.05, 4.69) is 23.3 Å². The van der Waals surface area contributed by atoms with E-state index in [9.17, 15) is 0 Å². The lowest BCUT2D eigenvalue weighted by atomic mass is 10.4. The summed E-state index contributed by atoms with van der Waals surface area (Å²) in [6.45, 7) is 0.926. The summed E-state index contributed by atoms with van der Waals surface area (Å²) < 4.78 is 0. The number of rotatable bonds is 0. The van der Waals surface area contributed by atoms with E-state index in [-0.39, 0.29) is 0 Å². The molecule has 0 saturated heterocycles. The largest absolute Gasteiger partial charge is 0.254 e. The second kappa shape index (κ2) is 1.92. The average molecular weight is 138 g/mol. The SMILES string of the molecule is C1=CCN2N=CSC2=C1. The minimum Gasteiger partial charge on any atom is -0.254 e. The minimum atomic E-state index is 0.926. The number of fused-ring (bicyclic) bond motifs is 1. The molecule has 0 aromatic rings. The van der Waals surface area contributed by atoms with Gasteiger partial charge in [0.05, 0.1) is 17.1 Å². The molecule has 0 aromatic carbocycles. The third-order valence-corrected chi connectivity index (χ3v) is 2.06. The second-order valence-electron chi connectivity index (χ2n) is 1.85. The lowest BCUT2D eigenvalue weighted by Gasteiger charge is -2.14. The molecule has 0 amide bonds. The molecule has 0 aromatic heterocycles. The molecule has 2 aliphatic rings. The van der Waals surface area contributed by atoms with Gasteiger partial charge in [0.25, 0.3) is 0 Å². The summed E-state index contributed by atoms with van der Waals surface area (Å²) in [7, 11) is 0. The molecule has 0 aliphatic carbocycles. The van der Waals surface area contributed by atoms with Gasteiger partial charge in [0.1, 0.15) is 0 Å². The molecule has 2 nitrogen and oxygen atoms in total. The molecule has 0 unspecified atom stereocenters.